The Morgan fingerprint density at radius 2 is 1.04 bits per heavy atom. The van der Waals surface area contributed by atoms with Gasteiger partial charge in [0.25, 0.3) is 0 Å². The molecule has 5 aromatic rings. The molecular weight excluding hydrogens is 687 g/mol. The molecule has 0 nitrogen and oxygen atoms in total. The molecule has 2 heterocycles. The average molecular weight is 744 g/mol. The first-order valence-electron chi connectivity index (χ1n) is 17.8. The van der Waals surface area contributed by atoms with Gasteiger partial charge < -0.3 is 0 Å². The van der Waals surface area contributed by atoms with E-state index in [0.29, 0.717) is 0 Å². The fourth-order valence-corrected chi connectivity index (χ4v) is 14.6. The molecule has 0 amide bonds. The van der Waals surface area contributed by atoms with Crippen LogP contribution in [-0.4, -0.2) is 18.4 Å². The Morgan fingerprint density at radius 3 is 1.47 bits per heavy atom. The van der Waals surface area contributed by atoms with Gasteiger partial charge in [-0.05, 0) is 0 Å². The second-order valence-corrected chi connectivity index (χ2v) is 32.3. The van der Waals surface area contributed by atoms with Crippen molar-refractivity contribution >= 4 is 64.1 Å². The summed E-state index contributed by atoms with van der Waals surface area (Å²) in [6, 6.07) is 24.5. The molecule has 0 bridgehead atoms. The third-order valence-corrected chi connectivity index (χ3v) is 21.6. The summed E-state index contributed by atoms with van der Waals surface area (Å²) in [5, 5.41) is 2.91. The predicted molar refractivity (Wildman–Crippen MR) is 210 cm³/mol. The van der Waals surface area contributed by atoms with E-state index in [4.69, 9.17) is 0 Å². The molecule has 2 aromatic heterocycles. The SMILES string of the molecule is CCCCC(CC)Cc1ccc(-c2c3c[c]([Sn]([CH3])([CH3])[CH3])sc3c(-c3ccc(CC(CC)CCCC)cc3)c3cc(C)sc23)cc1. The maximum absolute atomic E-state index is 2.61. The summed E-state index contributed by atoms with van der Waals surface area (Å²) in [7, 11) is 0. The van der Waals surface area contributed by atoms with Crippen LogP contribution in [0.25, 0.3) is 42.4 Å². The summed E-state index contributed by atoms with van der Waals surface area (Å²) in [4.78, 5) is 9.11. The predicted octanol–water partition coefficient (Wildman–Crippen LogP) is 13.8. The molecule has 2 unspecified atom stereocenters. The number of aryl methyl sites for hydroxylation is 1. The Bertz CT molecular complexity index is 1560. The maximum atomic E-state index is 2.61. The Hall–Kier alpha value is -1.62. The van der Waals surface area contributed by atoms with E-state index in [2.05, 4.69) is 121 Å². The Kier molecular flexibility index (Phi) is 12.0. The first kappa shape index (κ1) is 34.7. The van der Waals surface area contributed by atoms with Gasteiger partial charge in [-0.25, -0.2) is 0 Å². The molecule has 0 saturated heterocycles. The molecule has 0 aliphatic heterocycles. The van der Waals surface area contributed by atoms with Crippen LogP contribution in [0.4, 0.5) is 0 Å². The molecule has 0 spiro atoms. The van der Waals surface area contributed by atoms with Crippen LogP contribution in [0.15, 0.2) is 60.7 Å². The molecule has 3 heteroatoms. The Labute approximate surface area is 286 Å². The zero-order valence-corrected chi connectivity index (χ0v) is 33.8. The van der Waals surface area contributed by atoms with Gasteiger partial charge in [0.15, 0.2) is 0 Å². The molecule has 0 saturated carbocycles. The summed E-state index contributed by atoms with van der Waals surface area (Å²) >= 11 is 1.78. The molecule has 2 atom stereocenters. The van der Waals surface area contributed by atoms with E-state index in [1.165, 1.54) is 123 Å². The van der Waals surface area contributed by atoms with E-state index in [9.17, 15) is 0 Å². The number of unbranched alkanes of at least 4 members (excludes halogenated alkanes) is 2. The van der Waals surface area contributed by atoms with E-state index in [1.54, 1.807) is 2.89 Å². The van der Waals surface area contributed by atoms with Crippen LogP contribution in [0.1, 0.15) is 95.1 Å². The topological polar surface area (TPSA) is 0 Å². The normalized spacial score (nSPS) is 13.6. The zero-order valence-electron chi connectivity index (χ0n) is 29.3. The standard InChI is InChI=1S/C39H47S2.3CH3.Sn/c1-6-10-12-28(8-3)25-30-14-18-32(19-15-30)36-34-22-23-40-38(34)37(35-24-27(5)41-39(35)36)33-20-16-31(17-21-33)26-29(9-4)13-11-7-2;;;;/h14-22,24,28-29H,6-13,25-26H2,1-5H3;3*1H3;. The van der Waals surface area contributed by atoms with Gasteiger partial charge in [-0.3, -0.25) is 0 Å². The van der Waals surface area contributed by atoms with Crippen LogP contribution in [0.3, 0.4) is 0 Å². The summed E-state index contributed by atoms with van der Waals surface area (Å²) in [5.41, 5.74) is 8.66. The molecular formula is C42H56S2Sn. The summed E-state index contributed by atoms with van der Waals surface area (Å²) < 4.78 is 4.63. The minimum absolute atomic E-state index is 0.794. The molecule has 0 radical (unpaired) electrons. The Balaban J connectivity index is 1.61. The van der Waals surface area contributed by atoms with Crippen molar-refractivity contribution in [3.8, 4) is 22.3 Å². The number of rotatable bonds is 15. The third-order valence-electron chi connectivity index (χ3n) is 9.94. The molecule has 5 rings (SSSR count). The van der Waals surface area contributed by atoms with Gasteiger partial charge in [0, 0.05) is 0 Å². The van der Waals surface area contributed by atoms with Crippen LogP contribution < -0.4 is 2.89 Å². The van der Waals surface area contributed by atoms with Gasteiger partial charge in [-0.1, -0.05) is 26.7 Å². The molecule has 3 aromatic carbocycles. The van der Waals surface area contributed by atoms with E-state index >= 15 is 0 Å². The van der Waals surface area contributed by atoms with E-state index in [-0.39, 0.29) is 0 Å². The number of hydrogen-bond acceptors (Lipinski definition) is 2. The van der Waals surface area contributed by atoms with E-state index in [0.717, 1.165) is 11.8 Å². The monoisotopic (exact) mass is 744 g/mol. The zero-order chi connectivity index (χ0) is 32.1. The quantitative estimate of drug-likeness (QED) is 0.0937. The number of benzene rings is 3. The molecule has 0 aliphatic rings. The molecule has 0 aliphatic carbocycles. The summed E-state index contributed by atoms with van der Waals surface area (Å²) in [5.74, 6) is 1.59. The van der Waals surface area contributed by atoms with Crippen LogP contribution in [0.5, 0.6) is 0 Å². The van der Waals surface area contributed by atoms with Crippen molar-refractivity contribution in [1.29, 1.82) is 0 Å². The van der Waals surface area contributed by atoms with Gasteiger partial charge in [0.2, 0.25) is 0 Å². The van der Waals surface area contributed by atoms with Gasteiger partial charge in [-0.15, -0.1) is 0 Å². The van der Waals surface area contributed by atoms with Crippen molar-refractivity contribution in [3.63, 3.8) is 0 Å². The molecule has 0 N–H and O–H groups in total. The number of fused-ring (bicyclic) bond motifs is 2. The second-order valence-electron chi connectivity index (χ2n) is 14.6. The average Bonchev–Trinajstić information content (AvgIpc) is 3.64. The number of hydrogen-bond donors (Lipinski definition) is 0. The van der Waals surface area contributed by atoms with Crippen LogP contribution in [0.2, 0.25) is 14.8 Å². The van der Waals surface area contributed by atoms with E-state index < -0.39 is 18.4 Å². The third kappa shape index (κ3) is 8.10. The van der Waals surface area contributed by atoms with Crippen molar-refractivity contribution in [3.05, 3.63) is 76.7 Å². The fourth-order valence-electron chi connectivity index (χ4n) is 7.00. The Morgan fingerprint density at radius 1 is 0.600 bits per heavy atom. The van der Waals surface area contributed by atoms with Crippen LogP contribution in [0, 0.1) is 18.8 Å². The fraction of sp³-hybridized carbons (Fsp3) is 0.476. The van der Waals surface area contributed by atoms with Gasteiger partial charge in [-0.2, -0.15) is 0 Å². The van der Waals surface area contributed by atoms with Crippen molar-refractivity contribution in [1.82, 2.24) is 0 Å². The van der Waals surface area contributed by atoms with Crippen molar-refractivity contribution in [2.75, 3.05) is 0 Å². The number of thiophene rings is 2. The van der Waals surface area contributed by atoms with Gasteiger partial charge in [0.1, 0.15) is 0 Å². The minimum atomic E-state index is -2.31. The first-order chi connectivity index (χ1) is 21.7. The van der Waals surface area contributed by atoms with Crippen LogP contribution in [-0.2, 0) is 12.8 Å². The van der Waals surface area contributed by atoms with Crippen LogP contribution >= 0.6 is 22.7 Å². The first-order valence-corrected chi connectivity index (χ1v) is 29.5. The van der Waals surface area contributed by atoms with E-state index in [1.807, 2.05) is 11.3 Å². The summed E-state index contributed by atoms with van der Waals surface area (Å²) in [6.07, 6.45) is 12.9. The van der Waals surface area contributed by atoms with Crippen molar-refractivity contribution in [2.24, 2.45) is 11.8 Å². The molecule has 240 valence electrons. The molecule has 0 fully saturated rings. The van der Waals surface area contributed by atoms with Crippen molar-refractivity contribution < 1.29 is 0 Å². The van der Waals surface area contributed by atoms with Gasteiger partial charge in [0.05, 0.1) is 0 Å². The molecule has 45 heavy (non-hydrogen) atoms. The van der Waals surface area contributed by atoms with Crippen molar-refractivity contribution in [2.45, 2.75) is 114 Å². The second kappa shape index (κ2) is 15.5. The van der Waals surface area contributed by atoms with Gasteiger partial charge >= 0.3 is 262 Å². The summed E-state index contributed by atoms with van der Waals surface area (Å²) in [6.45, 7) is 11.6.